The van der Waals surface area contributed by atoms with Crippen LogP contribution in [0.1, 0.15) is 50.4 Å². The number of nitrogens with zero attached hydrogens (tertiary/aromatic N) is 3. The quantitative estimate of drug-likeness (QED) is 0.777. The summed E-state index contributed by atoms with van der Waals surface area (Å²) in [6.07, 6.45) is 2.43. The third kappa shape index (κ3) is 1.54. The van der Waals surface area contributed by atoms with E-state index in [-0.39, 0.29) is 0 Å². The zero-order valence-corrected chi connectivity index (χ0v) is 9.12. The molecule has 78 valence electrons. The smallest absolute Gasteiger partial charge is 0.150 e. The Morgan fingerprint density at radius 1 is 1.43 bits per heavy atom. The lowest BCUT2D eigenvalue weighted by atomic mass is 10.2. The fourth-order valence-corrected chi connectivity index (χ4v) is 2.17. The molecule has 1 aliphatic rings. The van der Waals surface area contributed by atoms with E-state index >= 15 is 0 Å². The van der Waals surface area contributed by atoms with E-state index in [0.29, 0.717) is 12.1 Å². The van der Waals surface area contributed by atoms with Gasteiger partial charge in [0.05, 0.1) is 6.04 Å². The minimum Gasteiger partial charge on any atom is -0.311 e. The lowest BCUT2D eigenvalue weighted by Crippen LogP contribution is -2.19. The largest absolute Gasteiger partial charge is 0.311 e. The van der Waals surface area contributed by atoms with Gasteiger partial charge in [0.1, 0.15) is 11.6 Å². The van der Waals surface area contributed by atoms with Crippen LogP contribution < -0.4 is 5.32 Å². The Hall–Kier alpha value is -0.900. The number of aromatic nitrogens is 3. The van der Waals surface area contributed by atoms with Gasteiger partial charge < -0.3 is 9.88 Å². The molecule has 14 heavy (non-hydrogen) atoms. The predicted octanol–water partition coefficient (Wildman–Crippen LogP) is 1.59. The molecule has 0 bridgehead atoms. The number of hydrogen-bond acceptors (Lipinski definition) is 3. The standard InChI is InChI=1S/C10H18N4/c1-7(2)14-8(3)12-13-10(14)9-5-4-6-11-9/h7,9,11H,4-6H2,1-3H3. The molecule has 2 rings (SSSR count). The number of nitrogens with one attached hydrogen (secondary N) is 1. The molecule has 4 nitrogen and oxygen atoms in total. The van der Waals surface area contributed by atoms with Crippen LogP contribution in [0.15, 0.2) is 0 Å². The zero-order valence-electron chi connectivity index (χ0n) is 9.12. The van der Waals surface area contributed by atoms with Gasteiger partial charge in [0.2, 0.25) is 0 Å². The summed E-state index contributed by atoms with van der Waals surface area (Å²) >= 11 is 0. The van der Waals surface area contributed by atoms with E-state index < -0.39 is 0 Å². The van der Waals surface area contributed by atoms with E-state index in [1.54, 1.807) is 0 Å². The van der Waals surface area contributed by atoms with Gasteiger partial charge in [-0.3, -0.25) is 0 Å². The van der Waals surface area contributed by atoms with Crippen LogP contribution >= 0.6 is 0 Å². The van der Waals surface area contributed by atoms with Crippen molar-refractivity contribution in [2.24, 2.45) is 0 Å². The molecule has 1 aromatic rings. The van der Waals surface area contributed by atoms with Crippen LogP contribution in [0.4, 0.5) is 0 Å². The van der Waals surface area contributed by atoms with E-state index in [1.165, 1.54) is 12.8 Å². The van der Waals surface area contributed by atoms with E-state index in [2.05, 4.69) is 33.9 Å². The van der Waals surface area contributed by atoms with Crippen molar-refractivity contribution >= 4 is 0 Å². The first-order chi connectivity index (χ1) is 6.70. The van der Waals surface area contributed by atoms with Gasteiger partial charge in [-0.2, -0.15) is 0 Å². The second kappa shape index (κ2) is 3.69. The second-order valence-electron chi connectivity index (χ2n) is 4.22. The van der Waals surface area contributed by atoms with Crippen molar-refractivity contribution in [1.82, 2.24) is 20.1 Å². The summed E-state index contributed by atoms with van der Waals surface area (Å²) < 4.78 is 2.23. The lowest BCUT2D eigenvalue weighted by Gasteiger charge is -2.16. The van der Waals surface area contributed by atoms with Gasteiger partial charge in [-0.1, -0.05) is 0 Å². The Labute approximate surface area is 84.7 Å². The Morgan fingerprint density at radius 2 is 2.21 bits per heavy atom. The second-order valence-corrected chi connectivity index (χ2v) is 4.22. The van der Waals surface area contributed by atoms with Gasteiger partial charge in [0, 0.05) is 6.04 Å². The summed E-state index contributed by atoms with van der Waals surface area (Å²) in [5.74, 6) is 2.12. The van der Waals surface area contributed by atoms with Gasteiger partial charge in [-0.05, 0) is 40.2 Å². The summed E-state index contributed by atoms with van der Waals surface area (Å²) in [7, 11) is 0. The zero-order chi connectivity index (χ0) is 10.1. The first-order valence-corrected chi connectivity index (χ1v) is 5.35. The van der Waals surface area contributed by atoms with E-state index in [9.17, 15) is 0 Å². The minimum atomic E-state index is 0.415. The van der Waals surface area contributed by atoms with Crippen molar-refractivity contribution in [2.75, 3.05) is 6.54 Å². The molecular formula is C10H18N4. The average molecular weight is 194 g/mol. The minimum absolute atomic E-state index is 0.415. The van der Waals surface area contributed by atoms with Crippen LogP contribution in [0.3, 0.4) is 0 Å². The molecule has 0 aromatic carbocycles. The number of aryl methyl sites for hydroxylation is 1. The summed E-state index contributed by atoms with van der Waals surface area (Å²) in [4.78, 5) is 0. The maximum atomic E-state index is 4.27. The Morgan fingerprint density at radius 3 is 2.79 bits per heavy atom. The number of hydrogen-bond donors (Lipinski definition) is 1. The third-order valence-electron chi connectivity index (χ3n) is 2.78. The molecule has 0 aliphatic carbocycles. The van der Waals surface area contributed by atoms with Crippen LogP contribution in [0, 0.1) is 6.92 Å². The van der Waals surface area contributed by atoms with Crippen LogP contribution in [0.5, 0.6) is 0 Å². The fourth-order valence-electron chi connectivity index (χ4n) is 2.17. The predicted molar refractivity (Wildman–Crippen MR) is 55.1 cm³/mol. The van der Waals surface area contributed by atoms with E-state index in [0.717, 1.165) is 18.2 Å². The monoisotopic (exact) mass is 194 g/mol. The summed E-state index contributed by atoms with van der Waals surface area (Å²) in [6, 6.07) is 0.862. The molecule has 1 fully saturated rings. The van der Waals surface area contributed by atoms with E-state index in [4.69, 9.17) is 0 Å². The van der Waals surface area contributed by atoms with Crippen molar-refractivity contribution in [3.05, 3.63) is 11.6 Å². The molecule has 2 heterocycles. The maximum Gasteiger partial charge on any atom is 0.150 e. The molecule has 1 N–H and O–H groups in total. The maximum absolute atomic E-state index is 4.27. The highest BCUT2D eigenvalue weighted by atomic mass is 15.3. The van der Waals surface area contributed by atoms with E-state index in [1.807, 2.05) is 6.92 Å². The highest BCUT2D eigenvalue weighted by molar-refractivity contribution is 5.03. The molecule has 1 atom stereocenters. The van der Waals surface area contributed by atoms with Gasteiger partial charge in [-0.25, -0.2) is 0 Å². The molecule has 1 aromatic heterocycles. The van der Waals surface area contributed by atoms with Gasteiger partial charge in [0.15, 0.2) is 0 Å². The SMILES string of the molecule is Cc1nnc(C2CCCN2)n1C(C)C. The Bertz CT molecular complexity index is 310. The summed E-state index contributed by atoms with van der Waals surface area (Å²) in [5, 5.41) is 11.9. The van der Waals surface area contributed by atoms with Gasteiger partial charge in [0.25, 0.3) is 0 Å². The first-order valence-electron chi connectivity index (χ1n) is 5.35. The van der Waals surface area contributed by atoms with Crippen LogP contribution in [-0.4, -0.2) is 21.3 Å². The molecule has 4 heteroatoms. The fraction of sp³-hybridized carbons (Fsp3) is 0.800. The Kier molecular flexibility index (Phi) is 2.54. The lowest BCUT2D eigenvalue weighted by molar-refractivity contribution is 0.499. The molecule has 1 aliphatic heterocycles. The summed E-state index contributed by atoms with van der Waals surface area (Å²) in [5.41, 5.74) is 0. The topological polar surface area (TPSA) is 42.7 Å². The van der Waals surface area contributed by atoms with Crippen LogP contribution in [0.25, 0.3) is 0 Å². The van der Waals surface area contributed by atoms with Crippen molar-refractivity contribution in [1.29, 1.82) is 0 Å². The molecule has 0 radical (unpaired) electrons. The third-order valence-corrected chi connectivity index (χ3v) is 2.78. The highest BCUT2D eigenvalue weighted by Gasteiger charge is 2.23. The van der Waals surface area contributed by atoms with Gasteiger partial charge >= 0.3 is 0 Å². The Balaban J connectivity index is 2.32. The van der Waals surface area contributed by atoms with Crippen LogP contribution in [-0.2, 0) is 0 Å². The van der Waals surface area contributed by atoms with Gasteiger partial charge in [-0.15, -0.1) is 10.2 Å². The normalized spacial score (nSPS) is 22.1. The van der Waals surface area contributed by atoms with Crippen molar-refractivity contribution in [3.8, 4) is 0 Å². The highest BCUT2D eigenvalue weighted by Crippen LogP contribution is 2.24. The van der Waals surface area contributed by atoms with Crippen molar-refractivity contribution in [2.45, 2.75) is 45.7 Å². The molecule has 0 amide bonds. The van der Waals surface area contributed by atoms with Crippen molar-refractivity contribution in [3.63, 3.8) is 0 Å². The molecule has 1 saturated heterocycles. The number of rotatable bonds is 2. The summed E-state index contributed by atoms with van der Waals surface area (Å²) in [6.45, 7) is 7.48. The molecule has 0 saturated carbocycles. The molecular weight excluding hydrogens is 176 g/mol. The first kappa shape index (κ1) is 9.65. The van der Waals surface area contributed by atoms with Crippen LogP contribution in [0.2, 0.25) is 0 Å². The molecule has 1 unspecified atom stereocenters. The average Bonchev–Trinajstić information content (AvgIpc) is 2.70. The van der Waals surface area contributed by atoms with Crippen molar-refractivity contribution < 1.29 is 0 Å². The molecule has 0 spiro atoms.